The zero-order chi connectivity index (χ0) is 19.3. The van der Waals surface area contributed by atoms with Crippen LogP contribution in [0, 0.1) is 0 Å². The van der Waals surface area contributed by atoms with Crippen LogP contribution in [0.2, 0.25) is 0 Å². The minimum atomic E-state index is -0.0337. The standard InChI is InChI=1S/C21H23N5OS/c1-27-15-7-14-26-20(19(24-21(26)28)16-8-2-4-11-22-16)17-9-6-13-25(17)18-10-3-5-12-23-18/h2-6,8-13,19-20H,7,14-15H2,1H3,(H,24,28). The molecule has 0 radical (unpaired) electrons. The lowest BCUT2D eigenvalue weighted by atomic mass is 10.0. The summed E-state index contributed by atoms with van der Waals surface area (Å²) in [5.74, 6) is 0.886. The van der Waals surface area contributed by atoms with E-state index in [1.807, 2.05) is 61.1 Å². The summed E-state index contributed by atoms with van der Waals surface area (Å²) in [5.41, 5.74) is 2.09. The monoisotopic (exact) mass is 393 g/mol. The predicted octanol–water partition coefficient (Wildman–Crippen LogP) is 3.28. The molecule has 0 aliphatic carbocycles. The molecule has 28 heavy (non-hydrogen) atoms. The van der Waals surface area contributed by atoms with Crippen LogP contribution < -0.4 is 5.32 Å². The summed E-state index contributed by atoms with van der Waals surface area (Å²) in [4.78, 5) is 11.4. The third kappa shape index (κ3) is 3.63. The van der Waals surface area contributed by atoms with Crippen molar-refractivity contribution in [3.63, 3.8) is 0 Å². The van der Waals surface area contributed by atoms with Gasteiger partial charge >= 0.3 is 0 Å². The topological polar surface area (TPSA) is 55.2 Å². The van der Waals surface area contributed by atoms with E-state index in [0.29, 0.717) is 6.61 Å². The SMILES string of the molecule is COCCCN1C(=S)NC(c2ccccn2)C1c1cccn1-c1ccccn1. The van der Waals surface area contributed by atoms with E-state index in [1.54, 1.807) is 7.11 Å². The van der Waals surface area contributed by atoms with Crippen molar-refractivity contribution in [1.29, 1.82) is 0 Å². The molecule has 1 fully saturated rings. The molecule has 0 amide bonds. The first-order valence-corrected chi connectivity index (χ1v) is 9.76. The minimum Gasteiger partial charge on any atom is -0.385 e. The second-order valence-electron chi connectivity index (χ2n) is 6.66. The maximum atomic E-state index is 5.70. The van der Waals surface area contributed by atoms with Crippen LogP contribution in [0.25, 0.3) is 5.82 Å². The molecule has 1 aliphatic heterocycles. The van der Waals surface area contributed by atoms with Crippen LogP contribution >= 0.6 is 12.2 Å². The number of nitrogens with one attached hydrogen (secondary N) is 1. The number of rotatable bonds is 7. The van der Waals surface area contributed by atoms with Crippen LogP contribution in [-0.4, -0.2) is 44.8 Å². The van der Waals surface area contributed by atoms with Gasteiger partial charge in [-0.3, -0.25) is 4.98 Å². The third-order valence-electron chi connectivity index (χ3n) is 4.92. The van der Waals surface area contributed by atoms with Crippen molar-refractivity contribution in [2.24, 2.45) is 0 Å². The minimum absolute atomic E-state index is 0.0104. The van der Waals surface area contributed by atoms with E-state index < -0.39 is 0 Å². The quantitative estimate of drug-likeness (QED) is 0.491. The van der Waals surface area contributed by atoms with Crippen LogP contribution in [0.3, 0.4) is 0 Å². The fourth-order valence-electron chi connectivity index (χ4n) is 3.69. The van der Waals surface area contributed by atoms with Gasteiger partial charge in [0.05, 0.1) is 17.8 Å². The average molecular weight is 394 g/mol. The number of hydrogen-bond donors (Lipinski definition) is 1. The molecule has 2 atom stereocenters. The summed E-state index contributed by atoms with van der Waals surface area (Å²) in [6, 6.07) is 16.1. The van der Waals surface area contributed by atoms with E-state index in [1.165, 1.54) is 0 Å². The molecule has 1 N–H and O–H groups in total. The van der Waals surface area contributed by atoms with Gasteiger partial charge in [0.1, 0.15) is 5.82 Å². The van der Waals surface area contributed by atoms with Crippen molar-refractivity contribution in [2.75, 3.05) is 20.3 Å². The van der Waals surface area contributed by atoms with Gasteiger partial charge in [0.15, 0.2) is 5.11 Å². The van der Waals surface area contributed by atoms with Gasteiger partial charge in [-0.2, -0.15) is 0 Å². The highest BCUT2D eigenvalue weighted by atomic mass is 32.1. The van der Waals surface area contributed by atoms with Gasteiger partial charge in [-0.1, -0.05) is 12.1 Å². The van der Waals surface area contributed by atoms with Crippen LogP contribution in [0.1, 0.15) is 29.9 Å². The molecule has 1 aliphatic rings. The Morgan fingerprint density at radius 3 is 2.61 bits per heavy atom. The summed E-state index contributed by atoms with van der Waals surface area (Å²) in [6.07, 6.45) is 6.57. The molecule has 4 heterocycles. The van der Waals surface area contributed by atoms with Gasteiger partial charge in [0.25, 0.3) is 0 Å². The number of thiocarbonyl (C=S) groups is 1. The lowest BCUT2D eigenvalue weighted by Gasteiger charge is -2.28. The number of nitrogens with zero attached hydrogens (tertiary/aromatic N) is 4. The van der Waals surface area contributed by atoms with Crippen LogP contribution in [0.4, 0.5) is 0 Å². The molecule has 4 rings (SSSR count). The Kier molecular flexibility index (Phi) is 5.64. The second-order valence-corrected chi connectivity index (χ2v) is 7.04. The molecule has 3 aromatic rings. The molecule has 0 spiro atoms. The van der Waals surface area contributed by atoms with Crippen molar-refractivity contribution in [1.82, 2.24) is 24.8 Å². The third-order valence-corrected chi connectivity index (χ3v) is 5.28. The zero-order valence-corrected chi connectivity index (χ0v) is 16.5. The van der Waals surface area contributed by atoms with E-state index in [0.717, 1.165) is 35.3 Å². The average Bonchev–Trinajstić information content (AvgIpc) is 3.34. The molecule has 7 heteroatoms. The first-order valence-electron chi connectivity index (χ1n) is 9.35. The number of aromatic nitrogens is 3. The number of pyridine rings is 2. The van der Waals surface area contributed by atoms with Crippen LogP contribution in [-0.2, 0) is 4.74 Å². The van der Waals surface area contributed by atoms with Crippen molar-refractivity contribution < 1.29 is 4.74 Å². The molecule has 0 aromatic carbocycles. The molecular weight excluding hydrogens is 370 g/mol. The Hall–Kier alpha value is -2.77. The Balaban J connectivity index is 1.75. The summed E-state index contributed by atoms with van der Waals surface area (Å²) < 4.78 is 7.37. The van der Waals surface area contributed by atoms with Gasteiger partial charge < -0.3 is 19.5 Å². The van der Waals surface area contributed by atoms with Crippen molar-refractivity contribution >= 4 is 17.3 Å². The smallest absolute Gasteiger partial charge is 0.170 e. The summed E-state index contributed by atoms with van der Waals surface area (Å²) in [5, 5.41) is 4.23. The Morgan fingerprint density at radius 2 is 1.89 bits per heavy atom. The summed E-state index contributed by atoms with van der Waals surface area (Å²) in [6.45, 7) is 1.50. The van der Waals surface area contributed by atoms with Crippen LogP contribution in [0.15, 0.2) is 67.1 Å². The molecule has 144 valence electrons. The molecule has 3 aromatic heterocycles. The molecule has 0 saturated carbocycles. The molecule has 0 bridgehead atoms. The van der Waals surface area contributed by atoms with E-state index in [2.05, 4.69) is 30.8 Å². The highest BCUT2D eigenvalue weighted by molar-refractivity contribution is 7.80. The van der Waals surface area contributed by atoms with Crippen LogP contribution in [0.5, 0.6) is 0 Å². The first kappa shape index (κ1) is 18.6. The largest absolute Gasteiger partial charge is 0.385 e. The molecule has 2 unspecified atom stereocenters. The Morgan fingerprint density at radius 1 is 1.07 bits per heavy atom. The highest BCUT2D eigenvalue weighted by Gasteiger charge is 2.40. The Bertz CT molecular complexity index is 915. The maximum Gasteiger partial charge on any atom is 0.170 e. The molecule has 6 nitrogen and oxygen atoms in total. The summed E-state index contributed by atoms with van der Waals surface area (Å²) in [7, 11) is 1.72. The fraction of sp³-hybridized carbons (Fsp3) is 0.286. The summed E-state index contributed by atoms with van der Waals surface area (Å²) >= 11 is 5.70. The van der Waals surface area contributed by atoms with Gasteiger partial charge in [-0.25, -0.2) is 4.98 Å². The lowest BCUT2D eigenvalue weighted by molar-refractivity contribution is 0.180. The predicted molar refractivity (Wildman–Crippen MR) is 112 cm³/mol. The second kappa shape index (κ2) is 8.50. The molecular formula is C21H23N5OS. The van der Waals surface area contributed by atoms with E-state index in [-0.39, 0.29) is 12.1 Å². The maximum absolute atomic E-state index is 5.70. The van der Waals surface area contributed by atoms with E-state index in [4.69, 9.17) is 17.0 Å². The molecule has 1 saturated heterocycles. The van der Waals surface area contributed by atoms with E-state index >= 15 is 0 Å². The van der Waals surface area contributed by atoms with Gasteiger partial charge in [0, 0.05) is 44.5 Å². The fourth-order valence-corrected chi connectivity index (χ4v) is 4.02. The van der Waals surface area contributed by atoms with Crippen molar-refractivity contribution in [3.8, 4) is 5.82 Å². The normalized spacial score (nSPS) is 19.0. The highest BCUT2D eigenvalue weighted by Crippen LogP contribution is 2.39. The lowest BCUT2D eigenvalue weighted by Crippen LogP contribution is -2.32. The number of methoxy groups -OCH3 is 1. The first-order chi connectivity index (χ1) is 13.8. The number of ether oxygens (including phenoxy) is 1. The zero-order valence-electron chi connectivity index (χ0n) is 15.7. The van der Waals surface area contributed by atoms with Crippen molar-refractivity contribution in [2.45, 2.75) is 18.5 Å². The van der Waals surface area contributed by atoms with Gasteiger partial charge in [-0.15, -0.1) is 0 Å². The van der Waals surface area contributed by atoms with E-state index in [9.17, 15) is 0 Å². The van der Waals surface area contributed by atoms with Gasteiger partial charge in [-0.05, 0) is 55.0 Å². The van der Waals surface area contributed by atoms with Gasteiger partial charge in [0.2, 0.25) is 0 Å². The number of hydrogen-bond acceptors (Lipinski definition) is 4. The Labute approximate surface area is 170 Å². The van der Waals surface area contributed by atoms with Crippen molar-refractivity contribution in [3.05, 3.63) is 78.5 Å².